The fourth-order valence-electron chi connectivity index (χ4n) is 4.50. The maximum absolute atomic E-state index is 13.5. The molecule has 6 nitrogen and oxygen atoms in total. The molecule has 0 spiro atoms. The summed E-state index contributed by atoms with van der Waals surface area (Å²) in [6.45, 7) is 1.84. The number of hydrogen-bond donors (Lipinski definition) is 1. The average Bonchev–Trinajstić information content (AvgIpc) is 3.31. The lowest BCUT2D eigenvalue weighted by Crippen LogP contribution is -2.22. The predicted molar refractivity (Wildman–Crippen MR) is 137 cm³/mol. The van der Waals surface area contributed by atoms with Gasteiger partial charge in [-0.2, -0.15) is 0 Å². The van der Waals surface area contributed by atoms with Crippen molar-refractivity contribution in [1.82, 2.24) is 9.97 Å². The van der Waals surface area contributed by atoms with E-state index in [-0.39, 0.29) is 11.6 Å². The minimum absolute atomic E-state index is 0.155. The normalized spacial score (nSPS) is 12.4. The highest BCUT2D eigenvalue weighted by atomic mass is 32.1. The molecule has 0 unspecified atom stereocenters. The lowest BCUT2D eigenvalue weighted by molar-refractivity contribution is 0.0979. The molecule has 2 aromatic heterocycles. The standard InChI is InChI=1S/C28H19N3O3S/c1-15-29-27(24-21(14-35-28(24)30-15)16-10-12-17(34-2)13-11-16)31-22-9-5-8-20-23(22)26(33)19-7-4-3-6-18(19)25(20)32/h3-14H,1-2H3,(H,29,30,31). The van der Waals surface area contributed by atoms with Crippen LogP contribution in [-0.4, -0.2) is 28.6 Å². The number of methoxy groups -OCH3 is 1. The summed E-state index contributed by atoms with van der Waals surface area (Å²) in [6.07, 6.45) is 0. The van der Waals surface area contributed by atoms with Gasteiger partial charge in [0, 0.05) is 27.6 Å². The molecular weight excluding hydrogens is 458 g/mol. The highest BCUT2D eigenvalue weighted by molar-refractivity contribution is 7.17. The number of nitrogens with one attached hydrogen (secondary N) is 1. The zero-order chi connectivity index (χ0) is 24.1. The van der Waals surface area contributed by atoms with Gasteiger partial charge in [-0.25, -0.2) is 9.97 Å². The average molecular weight is 478 g/mol. The van der Waals surface area contributed by atoms with E-state index in [2.05, 4.69) is 20.7 Å². The Balaban J connectivity index is 1.50. The van der Waals surface area contributed by atoms with Crippen molar-refractivity contribution in [3.05, 3.63) is 100 Å². The maximum Gasteiger partial charge on any atom is 0.196 e. The Morgan fingerprint density at radius 1 is 0.800 bits per heavy atom. The van der Waals surface area contributed by atoms with Gasteiger partial charge in [0.15, 0.2) is 11.6 Å². The minimum Gasteiger partial charge on any atom is -0.497 e. The first-order chi connectivity index (χ1) is 17.0. The number of nitrogens with zero attached hydrogens (tertiary/aromatic N) is 2. The molecule has 5 aromatic rings. The molecule has 0 saturated heterocycles. The van der Waals surface area contributed by atoms with Crippen molar-refractivity contribution in [2.75, 3.05) is 12.4 Å². The zero-order valence-corrected chi connectivity index (χ0v) is 19.8. The monoisotopic (exact) mass is 477 g/mol. The molecule has 35 heavy (non-hydrogen) atoms. The molecule has 0 fully saturated rings. The van der Waals surface area contributed by atoms with Crippen LogP contribution in [0.2, 0.25) is 0 Å². The SMILES string of the molecule is COc1ccc(-c2csc3nc(C)nc(Nc4cccc5c4C(=O)c4ccccc4C5=O)c23)cc1. The predicted octanol–water partition coefficient (Wildman–Crippen LogP) is 6.19. The number of carbonyl (C=O) groups is 2. The van der Waals surface area contributed by atoms with Crippen LogP contribution in [0.15, 0.2) is 72.1 Å². The summed E-state index contributed by atoms with van der Waals surface area (Å²) in [7, 11) is 1.64. The van der Waals surface area contributed by atoms with E-state index in [0.29, 0.717) is 39.6 Å². The van der Waals surface area contributed by atoms with E-state index in [1.54, 1.807) is 49.6 Å². The van der Waals surface area contributed by atoms with Gasteiger partial charge in [0.25, 0.3) is 0 Å². The first-order valence-electron chi connectivity index (χ1n) is 11.0. The van der Waals surface area contributed by atoms with Gasteiger partial charge in [0.05, 0.1) is 23.7 Å². The molecule has 0 amide bonds. The number of hydrogen-bond acceptors (Lipinski definition) is 7. The van der Waals surface area contributed by atoms with Crippen LogP contribution in [0.3, 0.4) is 0 Å². The van der Waals surface area contributed by atoms with E-state index in [0.717, 1.165) is 27.1 Å². The Labute approximate surface area is 205 Å². The van der Waals surface area contributed by atoms with Gasteiger partial charge in [0.1, 0.15) is 22.2 Å². The van der Waals surface area contributed by atoms with Gasteiger partial charge in [0.2, 0.25) is 0 Å². The summed E-state index contributed by atoms with van der Waals surface area (Å²) >= 11 is 1.53. The molecule has 0 atom stereocenters. The van der Waals surface area contributed by atoms with Crippen LogP contribution < -0.4 is 10.1 Å². The van der Waals surface area contributed by atoms with Gasteiger partial charge < -0.3 is 10.1 Å². The topological polar surface area (TPSA) is 81.2 Å². The first-order valence-corrected chi connectivity index (χ1v) is 11.9. The molecule has 0 bridgehead atoms. The number of aryl methyl sites for hydroxylation is 1. The van der Waals surface area contributed by atoms with Crippen molar-refractivity contribution in [2.24, 2.45) is 0 Å². The Hall–Kier alpha value is -4.36. The minimum atomic E-state index is -0.180. The van der Waals surface area contributed by atoms with Crippen LogP contribution in [-0.2, 0) is 0 Å². The lowest BCUT2D eigenvalue weighted by Gasteiger charge is -2.21. The Morgan fingerprint density at radius 3 is 2.26 bits per heavy atom. The van der Waals surface area contributed by atoms with Crippen molar-refractivity contribution in [2.45, 2.75) is 6.92 Å². The second kappa shape index (κ2) is 8.14. The summed E-state index contributed by atoms with van der Waals surface area (Å²) in [5, 5.41) is 6.29. The molecule has 1 N–H and O–H groups in total. The summed E-state index contributed by atoms with van der Waals surface area (Å²) in [5.74, 6) is 1.64. The van der Waals surface area contributed by atoms with Crippen molar-refractivity contribution in [3.8, 4) is 16.9 Å². The number of anilines is 2. The Bertz CT molecular complexity index is 1650. The van der Waals surface area contributed by atoms with Crippen LogP contribution in [0.25, 0.3) is 21.3 Å². The molecule has 0 saturated carbocycles. The fourth-order valence-corrected chi connectivity index (χ4v) is 5.49. The van der Waals surface area contributed by atoms with Crippen molar-refractivity contribution >= 4 is 44.6 Å². The second-order valence-corrected chi connectivity index (χ2v) is 9.09. The lowest BCUT2D eigenvalue weighted by atomic mass is 9.83. The third-order valence-electron chi connectivity index (χ3n) is 6.15. The van der Waals surface area contributed by atoms with Gasteiger partial charge in [-0.1, -0.05) is 48.5 Å². The number of thiophene rings is 1. The number of rotatable bonds is 4. The van der Waals surface area contributed by atoms with E-state index < -0.39 is 0 Å². The van der Waals surface area contributed by atoms with Crippen LogP contribution in [0, 0.1) is 6.92 Å². The molecule has 3 aromatic carbocycles. The molecule has 1 aliphatic carbocycles. The Kier molecular flexibility index (Phi) is 4.93. The van der Waals surface area contributed by atoms with Crippen molar-refractivity contribution < 1.29 is 14.3 Å². The van der Waals surface area contributed by atoms with E-state index in [9.17, 15) is 9.59 Å². The van der Waals surface area contributed by atoms with Gasteiger partial charge in [-0.3, -0.25) is 9.59 Å². The van der Waals surface area contributed by atoms with Crippen molar-refractivity contribution in [3.63, 3.8) is 0 Å². The van der Waals surface area contributed by atoms with Crippen LogP contribution in [0.4, 0.5) is 11.5 Å². The summed E-state index contributed by atoms with van der Waals surface area (Å²) in [4.78, 5) is 36.8. The number of carbonyl (C=O) groups excluding carboxylic acids is 2. The van der Waals surface area contributed by atoms with E-state index >= 15 is 0 Å². The molecule has 1 aliphatic rings. The summed E-state index contributed by atoms with van der Waals surface area (Å²) in [6, 6.07) is 20.0. The number of benzene rings is 3. The van der Waals surface area contributed by atoms with Gasteiger partial charge >= 0.3 is 0 Å². The number of fused-ring (bicyclic) bond motifs is 3. The smallest absolute Gasteiger partial charge is 0.196 e. The highest BCUT2D eigenvalue weighted by Gasteiger charge is 2.31. The number of aromatic nitrogens is 2. The van der Waals surface area contributed by atoms with E-state index in [4.69, 9.17) is 4.74 Å². The highest BCUT2D eigenvalue weighted by Crippen LogP contribution is 2.40. The van der Waals surface area contributed by atoms with Crippen LogP contribution in [0.5, 0.6) is 5.75 Å². The largest absolute Gasteiger partial charge is 0.497 e. The summed E-state index contributed by atoms with van der Waals surface area (Å²) in [5.41, 5.74) is 4.13. The zero-order valence-electron chi connectivity index (χ0n) is 19.0. The second-order valence-electron chi connectivity index (χ2n) is 8.23. The van der Waals surface area contributed by atoms with Crippen molar-refractivity contribution in [1.29, 1.82) is 0 Å². The summed E-state index contributed by atoms with van der Waals surface area (Å²) < 4.78 is 5.30. The van der Waals surface area contributed by atoms with E-state index in [1.165, 1.54) is 11.3 Å². The van der Waals surface area contributed by atoms with Gasteiger partial charge in [-0.15, -0.1) is 11.3 Å². The fraction of sp³-hybridized carbons (Fsp3) is 0.0714. The van der Waals surface area contributed by atoms with Gasteiger partial charge in [-0.05, 0) is 30.7 Å². The molecule has 0 aliphatic heterocycles. The van der Waals surface area contributed by atoms with Crippen LogP contribution in [0.1, 0.15) is 37.7 Å². The van der Waals surface area contributed by atoms with Crippen LogP contribution >= 0.6 is 11.3 Å². The number of ether oxygens (including phenoxy) is 1. The third kappa shape index (κ3) is 3.40. The quantitative estimate of drug-likeness (QED) is 0.326. The first kappa shape index (κ1) is 21.2. The molecule has 0 radical (unpaired) electrons. The maximum atomic E-state index is 13.5. The number of ketones is 2. The van der Waals surface area contributed by atoms with E-state index in [1.807, 2.05) is 31.2 Å². The molecular formula is C28H19N3O3S. The Morgan fingerprint density at radius 2 is 1.51 bits per heavy atom. The third-order valence-corrected chi connectivity index (χ3v) is 7.02. The molecule has 170 valence electrons. The molecule has 6 rings (SSSR count). The molecule has 2 heterocycles. The molecule has 7 heteroatoms.